The quantitative estimate of drug-likeness (QED) is 0.0634. The van der Waals surface area contributed by atoms with Gasteiger partial charge in [-0.05, 0) is 67.9 Å². The molecule has 2 aromatic carbocycles. The first-order valence-electron chi connectivity index (χ1n) is 21.0. The van der Waals surface area contributed by atoms with Crippen molar-refractivity contribution in [2.75, 3.05) is 46.4 Å². The van der Waals surface area contributed by atoms with Gasteiger partial charge in [0.25, 0.3) is 20.0 Å². The van der Waals surface area contributed by atoms with Crippen LogP contribution in [-0.4, -0.2) is 118 Å². The number of likely N-dealkylation sites (N-methyl/N-ethyl adjacent to an activating group) is 1. The molecule has 2 amide bonds. The average molecular weight is 1040 g/mol. The molecule has 5 aromatic rings. The molecule has 0 radical (unpaired) electrons. The van der Waals surface area contributed by atoms with Crippen LogP contribution >= 0.6 is 11.3 Å². The van der Waals surface area contributed by atoms with Gasteiger partial charge in [0.05, 0.1) is 41.6 Å². The fourth-order valence-corrected chi connectivity index (χ4v) is 9.45. The number of amides is 2. The molecule has 0 spiro atoms. The topological polar surface area (TPSA) is 213 Å². The van der Waals surface area contributed by atoms with Crippen LogP contribution in [0.2, 0.25) is 0 Å². The molecule has 1 fully saturated rings. The number of alkyl halides is 6. The number of aromatic nitrogens is 4. The van der Waals surface area contributed by atoms with E-state index in [-0.39, 0.29) is 35.0 Å². The maximum atomic E-state index is 12.9. The van der Waals surface area contributed by atoms with E-state index in [4.69, 9.17) is 9.47 Å². The first-order valence-corrected chi connectivity index (χ1v) is 24.8. The summed E-state index contributed by atoms with van der Waals surface area (Å²) in [6.07, 6.45) is -1.88. The molecular weight excluding hydrogens is 987 g/mol. The van der Waals surface area contributed by atoms with E-state index in [0.29, 0.717) is 30.8 Å². The molecule has 0 atom stereocenters. The van der Waals surface area contributed by atoms with E-state index in [1.54, 1.807) is 45.0 Å². The highest BCUT2D eigenvalue weighted by molar-refractivity contribution is 7.90. The lowest BCUT2D eigenvalue weighted by molar-refractivity contribution is -0.275. The number of nitrogens with one attached hydrogen (secondary N) is 2. The molecular formula is C42H48F6N8O10S3. The van der Waals surface area contributed by atoms with E-state index in [1.165, 1.54) is 12.3 Å². The van der Waals surface area contributed by atoms with Crippen LogP contribution in [0.5, 0.6) is 11.5 Å². The SMILES string of the molecule is CCCCOC(=O)NS(=O)(=O)c1ccc(OC(F)(F)F)cc1-c1ccc(CN2CCN(C)CC2)cn1.CCCCOC(=O)NS(=O)(=O)c1ccc(OC(F)(F)F)cc1-c1ncc(Cn2ccnc2)s1. The van der Waals surface area contributed by atoms with E-state index in [9.17, 15) is 52.8 Å². The van der Waals surface area contributed by atoms with Crippen LogP contribution in [0.15, 0.2) is 89.4 Å². The summed E-state index contributed by atoms with van der Waals surface area (Å²) in [4.78, 5) is 40.5. The zero-order chi connectivity index (χ0) is 50.4. The van der Waals surface area contributed by atoms with E-state index in [1.807, 2.05) is 13.8 Å². The second kappa shape index (κ2) is 24.0. The van der Waals surface area contributed by atoms with Crippen molar-refractivity contribution in [3.05, 3.63) is 90.1 Å². The molecule has 6 rings (SSSR count). The smallest absolute Gasteiger partial charge is 0.449 e. The molecule has 0 saturated carbocycles. The molecule has 18 nitrogen and oxygen atoms in total. The third-order valence-electron chi connectivity index (χ3n) is 9.63. The third kappa shape index (κ3) is 17.2. The van der Waals surface area contributed by atoms with Gasteiger partial charge in [-0.15, -0.1) is 37.7 Å². The van der Waals surface area contributed by atoms with Crippen LogP contribution < -0.4 is 18.9 Å². The molecule has 1 saturated heterocycles. The van der Waals surface area contributed by atoms with E-state index < -0.39 is 66.2 Å². The van der Waals surface area contributed by atoms with Gasteiger partial charge >= 0.3 is 24.9 Å². The van der Waals surface area contributed by atoms with E-state index in [2.05, 4.69) is 41.3 Å². The number of carbonyl (C=O) groups is 2. The van der Waals surface area contributed by atoms with Crippen molar-refractivity contribution in [3.8, 4) is 33.3 Å². The summed E-state index contributed by atoms with van der Waals surface area (Å²) in [5.41, 5.74) is 0.654. The summed E-state index contributed by atoms with van der Waals surface area (Å²) >= 11 is 1.07. The van der Waals surface area contributed by atoms with Crippen molar-refractivity contribution < 1.29 is 71.7 Å². The molecule has 376 valence electrons. The van der Waals surface area contributed by atoms with Gasteiger partial charge in [0.1, 0.15) is 16.5 Å². The second-order valence-corrected chi connectivity index (χ2v) is 19.5. The Kier molecular flexibility index (Phi) is 18.8. The summed E-state index contributed by atoms with van der Waals surface area (Å²) in [5, 5.41) is 0.123. The van der Waals surface area contributed by atoms with Gasteiger partial charge < -0.3 is 28.4 Å². The van der Waals surface area contributed by atoms with Gasteiger partial charge in [-0.3, -0.25) is 9.88 Å². The summed E-state index contributed by atoms with van der Waals surface area (Å²) < 4.78 is 151. The Morgan fingerprint density at radius 3 is 1.77 bits per heavy atom. The molecule has 1 aliphatic heterocycles. The number of unbranched alkanes of at least 4 members (excludes halogenated alkanes) is 2. The van der Waals surface area contributed by atoms with Gasteiger partial charge in [0.15, 0.2) is 0 Å². The van der Waals surface area contributed by atoms with Crippen molar-refractivity contribution >= 4 is 43.6 Å². The third-order valence-corrected chi connectivity index (χ3v) is 13.4. The summed E-state index contributed by atoms with van der Waals surface area (Å²) in [6.45, 7) is 8.44. The number of piperazine rings is 1. The first-order chi connectivity index (χ1) is 32.5. The van der Waals surface area contributed by atoms with Gasteiger partial charge in [-0.2, -0.15) is 0 Å². The lowest BCUT2D eigenvalue weighted by atomic mass is 10.1. The number of ether oxygens (including phenoxy) is 4. The highest BCUT2D eigenvalue weighted by atomic mass is 32.2. The lowest BCUT2D eigenvalue weighted by Gasteiger charge is -2.32. The predicted octanol–water partition coefficient (Wildman–Crippen LogP) is 7.78. The van der Waals surface area contributed by atoms with Crippen LogP contribution in [0.3, 0.4) is 0 Å². The first kappa shape index (κ1) is 53.9. The highest BCUT2D eigenvalue weighted by Gasteiger charge is 2.34. The number of rotatable bonds is 18. The Labute approximate surface area is 397 Å². The van der Waals surface area contributed by atoms with Crippen molar-refractivity contribution in [1.29, 1.82) is 0 Å². The van der Waals surface area contributed by atoms with Crippen molar-refractivity contribution in [2.45, 2.75) is 75.1 Å². The standard InChI is InChI=1S/C23H29F3N4O5S.C19H19F3N4O5S2/c1-3-4-13-34-22(31)28-36(32,33)21-8-6-18(35-23(24,25)26)14-19(21)20-7-5-17(15-27-20)16-30-11-9-29(2)10-12-30;1-2-3-8-30-18(27)25-33(28,29)16-5-4-13(31-19(20,21)22)9-15(16)17-24-10-14(32-17)11-26-7-6-23-12-26/h5-8,14-15H,3-4,9-13,16H2,1-2H3,(H,28,31);4-7,9-10,12H,2-3,8,11H2,1H3,(H,25,27). The predicted molar refractivity (Wildman–Crippen MR) is 238 cm³/mol. The Bertz CT molecular complexity index is 2700. The largest absolute Gasteiger partial charge is 0.573 e. The number of pyridine rings is 1. The Hall–Kier alpha value is -6.03. The maximum Gasteiger partial charge on any atom is 0.573 e. The van der Waals surface area contributed by atoms with Crippen molar-refractivity contribution in [1.82, 2.24) is 38.8 Å². The normalized spacial score (nSPS) is 13.8. The van der Waals surface area contributed by atoms with Gasteiger partial charge in [0, 0.05) is 73.5 Å². The van der Waals surface area contributed by atoms with Crippen molar-refractivity contribution in [2.24, 2.45) is 0 Å². The maximum absolute atomic E-state index is 12.9. The fourth-order valence-electron chi connectivity index (χ4n) is 6.26. The van der Waals surface area contributed by atoms with Crippen LogP contribution in [0.25, 0.3) is 21.8 Å². The lowest BCUT2D eigenvalue weighted by Crippen LogP contribution is -2.43. The van der Waals surface area contributed by atoms with Crippen molar-refractivity contribution in [3.63, 3.8) is 0 Å². The van der Waals surface area contributed by atoms with Gasteiger partial charge in [0.2, 0.25) is 0 Å². The Morgan fingerprint density at radius 1 is 0.725 bits per heavy atom. The van der Waals surface area contributed by atoms with E-state index >= 15 is 0 Å². The van der Waals surface area contributed by atoms with Crippen LogP contribution in [0.4, 0.5) is 35.9 Å². The minimum absolute atomic E-state index is 0.0210. The number of thiazole rings is 1. The number of carbonyl (C=O) groups excluding carboxylic acids is 2. The zero-order valence-electron chi connectivity index (χ0n) is 37.2. The van der Waals surface area contributed by atoms with Crippen LogP contribution in [0.1, 0.15) is 50.0 Å². The molecule has 27 heteroatoms. The molecule has 0 bridgehead atoms. The summed E-state index contributed by atoms with van der Waals surface area (Å²) in [7, 11) is -6.92. The number of nitrogens with zero attached hydrogens (tertiary/aromatic N) is 6. The fraction of sp³-hybridized carbons (Fsp3) is 0.405. The zero-order valence-corrected chi connectivity index (χ0v) is 39.7. The Morgan fingerprint density at radius 2 is 1.28 bits per heavy atom. The molecule has 4 heterocycles. The van der Waals surface area contributed by atoms with Crippen LogP contribution in [0, 0.1) is 0 Å². The molecule has 0 aliphatic carbocycles. The molecule has 2 N–H and O–H groups in total. The van der Waals surface area contributed by atoms with Crippen LogP contribution in [-0.2, 0) is 42.6 Å². The Balaban J connectivity index is 0.000000258. The summed E-state index contributed by atoms with van der Waals surface area (Å²) in [5.74, 6) is -1.25. The van der Waals surface area contributed by atoms with E-state index in [0.717, 1.165) is 92.3 Å². The number of halogens is 6. The van der Waals surface area contributed by atoms with Gasteiger partial charge in [-0.25, -0.2) is 45.8 Å². The monoisotopic (exact) mass is 1030 g/mol. The minimum Gasteiger partial charge on any atom is -0.449 e. The highest BCUT2D eigenvalue weighted by Crippen LogP contribution is 2.36. The average Bonchev–Trinajstić information content (AvgIpc) is 3.96. The second-order valence-electron chi connectivity index (χ2n) is 15.1. The number of benzene rings is 2. The van der Waals surface area contributed by atoms with Gasteiger partial charge in [-0.1, -0.05) is 32.8 Å². The number of hydrogen-bond acceptors (Lipinski definition) is 16. The molecule has 3 aromatic heterocycles. The molecule has 69 heavy (non-hydrogen) atoms. The summed E-state index contributed by atoms with van der Waals surface area (Å²) in [6, 6.07) is 8.63. The molecule has 0 unspecified atom stereocenters. The number of imidazole rings is 1. The number of hydrogen-bond donors (Lipinski definition) is 2. The molecule has 1 aliphatic rings. The minimum atomic E-state index is -4.98. The number of sulfonamides is 2.